The molecule has 0 spiro atoms. The third kappa shape index (κ3) is 3.39. The Morgan fingerprint density at radius 2 is 2.00 bits per heavy atom. The molecule has 1 saturated heterocycles. The second-order valence-corrected chi connectivity index (χ2v) is 8.45. The van der Waals surface area contributed by atoms with E-state index in [1.165, 1.54) is 10.5 Å². The largest absolute Gasteiger partial charge is 0.478 e. The number of carboxylic acids is 1. The van der Waals surface area contributed by atoms with Crippen LogP contribution in [0.25, 0.3) is 0 Å². The number of aromatic nitrogens is 2. The molecular weight excluding hydrogens is 354 g/mol. The minimum Gasteiger partial charge on any atom is -0.478 e. The molecule has 8 heteroatoms. The van der Waals surface area contributed by atoms with Gasteiger partial charge < -0.3 is 5.11 Å². The summed E-state index contributed by atoms with van der Waals surface area (Å²) in [6.07, 6.45) is 3.08. The quantitative estimate of drug-likeness (QED) is 0.864. The van der Waals surface area contributed by atoms with Crippen LogP contribution in [0.2, 0.25) is 0 Å². The molecular formula is C18H23N3O4S. The summed E-state index contributed by atoms with van der Waals surface area (Å²) in [4.78, 5) is 11.3. The van der Waals surface area contributed by atoms with Crippen molar-refractivity contribution in [1.29, 1.82) is 0 Å². The van der Waals surface area contributed by atoms with E-state index in [9.17, 15) is 13.2 Å². The molecule has 1 N–H and O–H groups in total. The monoisotopic (exact) mass is 377 g/mol. The van der Waals surface area contributed by atoms with Gasteiger partial charge in [-0.05, 0) is 50.3 Å². The maximum absolute atomic E-state index is 13.1. The van der Waals surface area contributed by atoms with Crippen molar-refractivity contribution in [3.63, 3.8) is 0 Å². The lowest BCUT2D eigenvalue weighted by Crippen LogP contribution is -2.39. The number of hydrogen-bond donors (Lipinski definition) is 1. The van der Waals surface area contributed by atoms with Crippen LogP contribution in [0.1, 0.15) is 47.3 Å². The van der Waals surface area contributed by atoms with Gasteiger partial charge in [-0.3, -0.25) is 4.68 Å². The molecule has 2 heterocycles. The van der Waals surface area contributed by atoms with Crippen LogP contribution in [-0.4, -0.2) is 46.7 Å². The van der Waals surface area contributed by atoms with Crippen LogP contribution >= 0.6 is 0 Å². The van der Waals surface area contributed by atoms with Crippen molar-refractivity contribution in [3.8, 4) is 0 Å². The lowest BCUT2D eigenvalue weighted by molar-refractivity contribution is 0.0697. The van der Waals surface area contributed by atoms with E-state index in [-0.39, 0.29) is 16.4 Å². The summed E-state index contributed by atoms with van der Waals surface area (Å²) in [5.41, 5.74) is 1.85. The van der Waals surface area contributed by atoms with E-state index in [0.29, 0.717) is 25.3 Å². The van der Waals surface area contributed by atoms with Crippen LogP contribution in [-0.2, 0) is 16.6 Å². The van der Waals surface area contributed by atoms with Crippen LogP contribution in [0.5, 0.6) is 0 Å². The van der Waals surface area contributed by atoms with E-state index in [1.54, 1.807) is 35.9 Å². The van der Waals surface area contributed by atoms with Crippen molar-refractivity contribution < 1.29 is 18.3 Å². The van der Waals surface area contributed by atoms with E-state index in [4.69, 9.17) is 5.11 Å². The van der Waals surface area contributed by atoms with Crippen LogP contribution in [0.15, 0.2) is 35.4 Å². The number of aromatic carboxylic acids is 1. The average molecular weight is 377 g/mol. The average Bonchev–Trinajstić information content (AvgIpc) is 3.03. The summed E-state index contributed by atoms with van der Waals surface area (Å²) in [6, 6.07) is 6.70. The summed E-state index contributed by atoms with van der Waals surface area (Å²) in [7, 11) is -3.59. The first kappa shape index (κ1) is 18.6. The highest BCUT2D eigenvalue weighted by molar-refractivity contribution is 7.89. The SMILES string of the molecule is CCn1ncc(S(=O)(=O)N2CCCC(c3ccc(C(=O)O)cc3)C2)c1C. The molecule has 1 fully saturated rings. The van der Waals surface area contributed by atoms with E-state index < -0.39 is 16.0 Å². The lowest BCUT2D eigenvalue weighted by Gasteiger charge is -2.32. The second-order valence-electron chi connectivity index (χ2n) is 6.54. The minimum atomic E-state index is -3.59. The van der Waals surface area contributed by atoms with Gasteiger partial charge in [0.15, 0.2) is 0 Å². The molecule has 0 saturated carbocycles. The smallest absolute Gasteiger partial charge is 0.335 e. The number of aryl methyl sites for hydroxylation is 1. The van der Waals surface area contributed by atoms with E-state index in [2.05, 4.69) is 5.10 Å². The highest BCUT2D eigenvalue weighted by Gasteiger charge is 2.33. The number of carboxylic acid groups (broad SMARTS) is 1. The maximum Gasteiger partial charge on any atom is 0.335 e. The zero-order valence-electron chi connectivity index (χ0n) is 14.9. The van der Waals surface area contributed by atoms with Crippen molar-refractivity contribution in [2.24, 2.45) is 0 Å². The molecule has 0 amide bonds. The normalized spacial score (nSPS) is 18.8. The van der Waals surface area contributed by atoms with Gasteiger partial charge in [0.2, 0.25) is 10.0 Å². The van der Waals surface area contributed by atoms with Gasteiger partial charge in [0, 0.05) is 19.6 Å². The fraction of sp³-hybridized carbons (Fsp3) is 0.444. The number of benzene rings is 1. The van der Waals surface area contributed by atoms with Crippen LogP contribution in [0.4, 0.5) is 0 Å². The van der Waals surface area contributed by atoms with Crippen molar-refractivity contribution in [2.45, 2.75) is 44.0 Å². The molecule has 1 aromatic heterocycles. The van der Waals surface area contributed by atoms with Gasteiger partial charge in [-0.15, -0.1) is 0 Å². The molecule has 1 atom stereocenters. The molecule has 0 aliphatic carbocycles. The van der Waals surface area contributed by atoms with Crippen LogP contribution in [0.3, 0.4) is 0 Å². The Morgan fingerprint density at radius 1 is 1.31 bits per heavy atom. The van der Waals surface area contributed by atoms with Gasteiger partial charge >= 0.3 is 5.97 Å². The summed E-state index contributed by atoms with van der Waals surface area (Å²) in [6.45, 7) is 5.21. The zero-order valence-corrected chi connectivity index (χ0v) is 15.7. The van der Waals surface area contributed by atoms with Gasteiger partial charge in [-0.2, -0.15) is 9.40 Å². The Hall–Kier alpha value is -2.19. The minimum absolute atomic E-state index is 0.0582. The van der Waals surface area contributed by atoms with Crippen molar-refractivity contribution in [2.75, 3.05) is 13.1 Å². The second kappa shape index (κ2) is 7.20. The first-order valence-electron chi connectivity index (χ1n) is 8.70. The third-order valence-corrected chi connectivity index (χ3v) is 6.96. The highest BCUT2D eigenvalue weighted by atomic mass is 32.2. The Kier molecular flexibility index (Phi) is 5.15. The number of carbonyl (C=O) groups is 1. The molecule has 1 unspecified atom stereocenters. The number of sulfonamides is 1. The molecule has 140 valence electrons. The molecule has 1 aliphatic heterocycles. The number of nitrogens with zero attached hydrogens (tertiary/aromatic N) is 3. The first-order chi connectivity index (χ1) is 12.3. The summed E-state index contributed by atoms with van der Waals surface area (Å²) < 4.78 is 29.3. The van der Waals surface area contributed by atoms with Crippen LogP contribution < -0.4 is 0 Å². The van der Waals surface area contributed by atoms with Crippen LogP contribution in [0, 0.1) is 6.92 Å². The Morgan fingerprint density at radius 3 is 2.58 bits per heavy atom. The van der Waals surface area contributed by atoms with E-state index >= 15 is 0 Å². The molecule has 1 aromatic carbocycles. The molecule has 2 aromatic rings. The Balaban J connectivity index is 1.83. The molecule has 0 radical (unpaired) electrons. The predicted molar refractivity (Wildman–Crippen MR) is 96.8 cm³/mol. The molecule has 1 aliphatic rings. The summed E-state index contributed by atoms with van der Waals surface area (Å²) in [5, 5.41) is 13.2. The molecule has 26 heavy (non-hydrogen) atoms. The molecule has 3 rings (SSSR count). The third-order valence-electron chi connectivity index (χ3n) is 4.99. The molecule has 7 nitrogen and oxygen atoms in total. The van der Waals surface area contributed by atoms with Crippen molar-refractivity contribution >= 4 is 16.0 Å². The topological polar surface area (TPSA) is 92.5 Å². The molecule has 0 bridgehead atoms. The summed E-state index contributed by atoms with van der Waals surface area (Å²) in [5.74, 6) is -0.907. The van der Waals surface area contributed by atoms with Gasteiger partial charge in [0.25, 0.3) is 0 Å². The fourth-order valence-corrected chi connectivity index (χ4v) is 5.15. The highest BCUT2D eigenvalue weighted by Crippen LogP contribution is 2.31. The predicted octanol–water partition coefficient (Wildman–Crippen LogP) is 2.48. The van der Waals surface area contributed by atoms with Crippen molar-refractivity contribution in [3.05, 3.63) is 47.3 Å². The van der Waals surface area contributed by atoms with E-state index in [0.717, 1.165) is 18.4 Å². The zero-order chi connectivity index (χ0) is 18.9. The van der Waals surface area contributed by atoms with Gasteiger partial charge in [-0.1, -0.05) is 12.1 Å². The maximum atomic E-state index is 13.1. The first-order valence-corrected chi connectivity index (χ1v) is 10.1. The van der Waals surface area contributed by atoms with Gasteiger partial charge in [0.05, 0.1) is 17.5 Å². The van der Waals surface area contributed by atoms with Gasteiger partial charge in [-0.25, -0.2) is 13.2 Å². The number of rotatable bonds is 5. The van der Waals surface area contributed by atoms with Crippen molar-refractivity contribution in [1.82, 2.24) is 14.1 Å². The number of hydrogen-bond acceptors (Lipinski definition) is 4. The fourth-order valence-electron chi connectivity index (χ4n) is 3.47. The Bertz CT molecular complexity index is 903. The van der Waals surface area contributed by atoms with E-state index in [1.807, 2.05) is 6.92 Å². The van der Waals surface area contributed by atoms with Gasteiger partial charge in [0.1, 0.15) is 4.90 Å². The number of piperidine rings is 1. The standard InChI is InChI=1S/C18H23N3O4S/c1-3-21-13(2)17(11-19-21)26(24,25)20-10-4-5-16(12-20)14-6-8-15(9-7-14)18(22)23/h6-9,11,16H,3-5,10,12H2,1-2H3,(H,22,23). The lowest BCUT2D eigenvalue weighted by atomic mass is 9.91. The Labute approximate surface area is 153 Å². The summed E-state index contributed by atoms with van der Waals surface area (Å²) >= 11 is 0.